The van der Waals surface area contributed by atoms with E-state index in [1.54, 1.807) is 0 Å². The van der Waals surface area contributed by atoms with Crippen molar-refractivity contribution in [3.05, 3.63) is 57.1 Å². The van der Waals surface area contributed by atoms with Gasteiger partial charge in [-0.3, -0.25) is 10.1 Å². The zero-order chi connectivity index (χ0) is 22.9. The van der Waals surface area contributed by atoms with Crippen LogP contribution >= 0.6 is 11.6 Å². The lowest BCUT2D eigenvalue weighted by molar-refractivity contribution is -0.384. The molecule has 0 aliphatic rings. The van der Waals surface area contributed by atoms with Gasteiger partial charge < -0.3 is 19.8 Å². The molecule has 162 valence electrons. The normalized spacial score (nSPS) is 11.8. The predicted molar refractivity (Wildman–Crippen MR) is 101 cm³/mol. The number of halogens is 4. The lowest BCUT2D eigenvalue weighted by atomic mass is 10.1. The van der Waals surface area contributed by atoms with Crippen LogP contribution in [0.25, 0.3) is 0 Å². The second-order valence-corrected chi connectivity index (χ2v) is 7.23. The van der Waals surface area contributed by atoms with Gasteiger partial charge in [0.25, 0.3) is 5.69 Å². The van der Waals surface area contributed by atoms with E-state index in [-0.39, 0.29) is 22.9 Å². The fourth-order valence-electron chi connectivity index (χ4n) is 2.61. The SMILES string of the molecule is CC(C)(O)CN(c1ccc(OC(F)(F)F)cc1)c1cc(Cl)c(C(=O)O)cc1[N+](=O)[O-]. The van der Waals surface area contributed by atoms with Crippen LogP contribution in [0.1, 0.15) is 24.2 Å². The Morgan fingerprint density at radius 3 is 2.23 bits per heavy atom. The topological polar surface area (TPSA) is 113 Å². The molecular formula is C18H16ClF3N2O6. The lowest BCUT2D eigenvalue weighted by Gasteiger charge is -2.31. The standard InChI is InChI=1S/C18H16ClF3N2O6/c1-17(2,27)9-23(10-3-5-11(6-4-10)30-18(20,21)22)14-8-13(19)12(16(25)26)7-15(14)24(28)29/h3-8,27H,9H2,1-2H3,(H,25,26). The number of hydrogen-bond acceptors (Lipinski definition) is 6. The zero-order valence-electron chi connectivity index (χ0n) is 15.6. The van der Waals surface area contributed by atoms with Crippen molar-refractivity contribution in [3.8, 4) is 5.75 Å². The number of benzene rings is 2. The zero-order valence-corrected chi connectivity index (χ0v) is 16.4. The molecule has 2 rings (SSSR count). The van der Waals surface area contributed by atoms with E-state index >= 15 is 0 Å². The first-order chi connectivity index (χ1) is 13.7. The summed E-state index contributed by atoms with van der Waals surface area (Å²) in [4.78, 5) is 23.2. The highest BCUT2D eigenvalue weighted by Crippen LogP contribution is 2.39. The minimum absolute atomic E-state index is 0.151. The van der Waals surface area contributed by atoms with Crippen molar-refractivity contribution >= 4 is 34.6 Å². The fraction of sp³-hybridized carbons (Fsp3) is 0.278. The second kappa shape index (κ2) is 8.36. The van der Waals surface area contributed by atoms with Gasteiger partial charge in [-0.2, -0.15) is 0 Å². The Morgan fingerprint density at radius 2 is 1.80 bits per heavy atom. The summed E-state index contributed by atoms with van der Waals surface area (Å²) in [6.45, 7) is 2.61. The minimum Gasteiger partial charge on any atom is -0.478 e. The van der Waals surface area contributed by atoms with Crippen LogP contribution in [0.3, 0.4) is 0 Å². The van der Waals surface area contributed by atoms with Crippen molar-refractivity contribution in [3.63, 3.8) is 0 Å². The van der Waals surface area contributed by atoms with Crippen LogP contribution in [0.2, 0.25) is 5.02 Å². The number of nitrogens with zero attached hydrogens (tertiary/aromatic N) is 2. The number of nitro groups is 1. The van der Waals surface area contributed by atoms with Gasteiger partial charge in [0, 0.05) is 11.8 Å². The van der Waals surface area contributed by atoms with E-state index in [1.165, 1.54) is 30.9 Å². The number of aromatic carboxylic acids is 1. The Morgan fingerprint density at radius 1 is 1.23 bits per heavy atom. The van der Waals surface area contributed by atoms with E-state index in [4.69, 9.17) is 16.7 Å². The Balaban J connectivity index is 2.62. The van der Waals surface area contributed by atoms with E-state index in [9.17, 15) is 33.2 Å². The summed E-state index contributed by atoms with van der Waals surface area (Å²) in [5.41, 5.74) is -2.48. The summed E-state index contributed by atoms with van der Waals surface area (Å²) in [6.07, 6.45) is -4.90. The van der Waals surface area contributed by atoms with Gasteiger partial charge >= 0.3 is 12.3 Å². The van der Waals surface area contributed by atoms with Crippen molar-refractivity contribution in [2.75, 3.05) is 11.4 Å². The number of anilines is 2. The molecule has 30 heavy (non-hydrogen) atoms. The lowest BCUT2D eigenvalue weighted by Crippen LogP contribution is -2.36. The molecule has 0 spiro atoms. The Labute approximate surface area is 173 Å². The van der Waals surface area contributed by atoms with Crippen LogP contribution in [0, 0.1) is 10.1 Å². The van der Waals surface area contributed by atoms with Crippen molar-refractivity contribution in [2.24, 2.45) is 0 Å². The number of aliphatic hydroxyl groups is 1. The quantitative estimate of drug-likeness (QED) is 0.464. The summed E-state index contributed by atoms with van der Waals surface area (Å²) in [6, 6.07) is 6.23. The second-order valence-electron chi connectivity index (χ2n) is 6.82. The molecule has 2 aromatic carbocycles. The molecule has 2 N–H and O–H groups in total. The van der Waals surface area contributed by atoms with Crippen molar-refractivity contribution in [1.82, 2.24) is 0 Å². The van der Waals surface area contributed by atoms with Crippen LogP contribution in [0.5, 0.6) is 5.75 Å². The number of ether oxygens (including phenoxy) is 1. The molecule has 8 nitrogen and oxygen atoms in total. The van der Waals surface area contributed by atoms with Gasteiger partial charge in [-0.1, -0.05) is 11.6 Å². The summed E-state index contributed by atoms with van der Waals surface area (Å²) in [7, 11) is 0. The maximum Gasteiger partial charge on any atom is 0.573 e. The van der Waals surface area contributed by atoms with Gasteiger partial charge in [-0.15, -0.1) is 13.2 Å². The number of nitro benzene ring substituents is 1. The number of hydrogen-bond donors (Lipinski definition) is 2. The minimum atomic E-state index is -4.90. The molecule has 0 radical (unpaired) electrons. The van der Waals surface area contributed by atoms with E-state index in [1.807, 2.05) is 0 Å². The average molecular weight is 449 g/mol. The number of alkyl halides is 3. The molecule has 2 aromatic rings. The molecule has 0 bridgehead atoms. The Bertz CT molecular complexity index is 958. The molecule has 0 unspecified atom stereocenters. The highest BCUT2D eigenvalue weighted by molar-refractivity contribution is 6.34. The molecule has 0 saturated carbocycles. The van der Waals surface area contributed by atoms with Gasteiger partial charge in [0.1, 0.15) is 11.4 Å². The third-order valence-electron chi connectivity index (χ3n) is 3.71. The molecule has 12 heteroatoms. The Hall–Kier alpha value is -3.05. The molecule has 0 fully saturated rings. The van der Waals surface area contributed by atoms with Crippen LogP contribution in [0.4, 0.5) is 30.2 Å². The van der Waals surface area contributed by atoms with E-state index in [2.05, 4.69) is 4.74 Å². The van der Waals surface area contributed by atoms with Crippen LogP contribution in [0.15, 0.2) is 36.4 Å². The molecule has 0 amide bonds. The van der Waals surface area contributed by atoms with Crippen LogP contribution < -0.4 is 9.64 Å². The van der Waals surface area contributed by atoms with E-state index in [0.29, 0.717) is 0 Å². The third kappa shape index (κ3) is 5.97. The number of carbonyl (C=O) groups is 1. The first-order valence-corrected chi connectivity index (χ1v) is 8.63. The molecular weight excluding hydrogens is 433 g/mol. The van der Waals surface area contributed by atoms with Gasteiger partial charge in [0.2, 0.25) is 0 Å². The van der Waals surface area contributed by atoms with Gasteiger partial charge in [-0.25, -0.2) is 4.79 Å². The summed E-state index contributed by atoms with van der Waals surface area (Å²) in [5.74, 6) is -1.99. The summed E-state index contributed by atoms with van der Waals surface area (Å²) in [5, 5.41) is 30.7. The van der Waals surface area contributed by atoms with E-state index in [0.717, 1.165) is 24.3 Å². The first kappa shape index (κ1) is 23.2. The molecule has 0 heterocycles. The highest BCUT2D eigenvalue weighted by Gasteiger charge is 2.32. The predicted octanol–water partition coefficient (Wildman–Crippen LogP) is 4.75. The fourth-order valence-corrected chi connectivity index (χ4v) is 2.85. The van der Waals surface area contributed by atoms with Crippen molar-refractivity contribution in [2.45, 2.75) is 25.8 Å². The van der Waals surface area contributed by atoms with Gasteiger partial charge in [-0.05, 0) is 44.2 Å². The third-order valence-corrected chi connectivity index (χ3v) is 4.02. The van der Waals surface area contributed by atoms with Gasteiger partial charge in [0.15, 0.2) is 0 Å². The molecule has 0 aliphatic heterocycles. The summed E-state index contributed by atoms with van der Waals surface area (Å²) >= 11 is 5.96. The number of carboxylic acid groups (broad SMARTS) is 1. The van der Waals surface area contributed by atoms with Crippen molar-refractivity contribution in [1.29, 1.82) is 0 Å². The monoisotopic (exact) mass is 448 g/mol. The maximum atomic E-state index is 12.4. The highest BCUT2D eigenvalue weighted by atomic mass is 35.5. The molecule has 0 atom stereocenters. The van der Waals surface area contributed by atoms with Crippen molar-refractivity contribution < 1.29 is 37.8 Å². The van der Waals surface area contributed by atoms with Crippen LogP contribution in [-0.4, -0.2) is 39.6 Å². The Kier molecular flexibility index (Phi) is 6.48. The number of carboxylic acids is 1. The van der Waals surface area contributed by atoms with E-state index < -0.39 is 39.9 Å². The smallest absolute Gasteiger partial charge is 0.478 e. The largest absolute Gasteiger partial charge is 0.573 e. The first-order valence-electron chi connectivity index (χ1n) is 8.25. The van der Waals surface area contributed by atoms with Crippen LogP contribution in [-0.2, 0) is 0 Å². The van der Waals surface area contributed by atoms with Gasteiger partial charge in [0.05, 0.1) is 27.7 Å². The number of rotatable bonds is 7. The molecule has 0 aromatic heterocycles. The molecule has 0 aliphatic carbocycles. The summed E-state index contributed by atoms with van der Waals surface area (Å²) < 4.78 is 40.9. The maximum absolute atomic E-state index is 12.4. The average Bonchev–Trinajstić information content (AvgIpc) is 2.57. The molecule has 0 saturated heterocycles.